The molecule has 0 radical (unpaired) electrons. The highest BCUT2D eigenvalue weighted by molar-refractivity contribution is 5.37. The highest BCUT2D eigenvalue weighted by Gasteiger charge is 1.95. The van der Waals surface area contributed by atoms with Gasteiger partial charge < -0.3 is 9.47 Å². The Morgan fingerprint density at radius 2 is 2.00 bits per heavy atom. The molecule has 0 unspecified atom stereocenters. The van der Waals surface area contributed by atoms with E-state index in [4.69, 9.17) is 4.74 Å². The predicted molar refractivity (Wildman–Crippen MR) is 57.7 cm³/mol. The number of hydrogen-bond donors (Lipinski definition) is 0. The van der Waals surface area contributed by atoms with E-state index in [0.717, 1.165) is 30.8 Å². The number of unbranched alkanes of at least 4 members (excludes halogenated alkanes) is 1. The van der Waals surface area contributed by atoms with Crippen molar-refractivity contribution in [3.63, 3.8) is 0 Å². The van der Waals surface area contributed by atoms with Crippen molar-refractivity contribution in [3.05, 3.63) is 29.8 Å². The number of carbonyl (C=O) groups excluding carboxylic acids is 1. The summed E-state index contributed by atoms with van der Waals surface area (Å²) in [7, 11) is 0. The molecule has 1 aromatic carbocycles. The van der Waals surface area contributed by atoms with Crippen molar-refractivity contribution >= 4 is 6.47 Å². The van der Waals surface area contributed by atoms with Crippen molar-refractivity contribution < 1.29 is 14.3 Å². The first-order valence-corrected chi connectivity index (χ1v) is 5.13. The van der Waals surface area contributed by atoms with Crippen molar-refractivity contribution in [1.82, 2.24) is 0 Å². The van der Waals surface area contributed by atoms with Crippen molar-refractivity contribution in [2.45, 2.75) is 26.4 Å². The van der Waals surface area contributed by atoms with E-state index < -0.39 is 0 Å². The molecule has 0 bridgehead atoms. The van der Waals surface area contributed by atoms with Gasteiger partial charge in [-0.2, -0.15) is 0 Å². The summed E-state index contributed by atoms with van der Waals surface area (Å²) >= 11 is 0. The van der Waals surface area contributed by atoms with Crippen LogP contribution >= 0.6 is 0 Å². The van der Waals surface area contributed by atoms with Crippen LogP contribution < -0.4 is 4.74 Å². The summed E-state index contributed by atoms with van der Waals surface area (Å²) in [5.41, 5.74) is 0.963. The lowest BCUT2D eigenvalue weighted by Gasteiger charge is -2.05. The van der Waals surface area contributed by atoms with Gasteiger partial charge in [-0.1, -0.05) is 25.5 Å². The van der Waals surface area contributed by atoms with Gasteiger partial charge in [0.15, 0.2) is 0 Å². The van der Waals surface area contributed by atoms with Gasteiger partial charge in [-0.25, -0.2) is 0 Å². The second-order valence-corrected chi connectivity index (χ2v) is 3.25. The van der Waals surface area contributed by atoms with E-state index in [1.807, 2.05) is 24.3 Å². The van der Waals surface area contributed by atoms with Crippen LogP contribution in [-0.4, -0.2) is 13.1 Å². The molecule has 0 amide bonds. The molecule has 1 aromatic rings. The van der Waals surface area contributed by atoms with Gasteiger partial charge in [-0.15, -0.1) is 0 Å². The average molecular weight is 208 g/mol. The highest BCUT2D eigenvalue weighted by Crippen LogP contribution is 2.13. The molecule has 0 heterocycles. The van der Waals surface area contributed by atoms with Crippen molar-refractivity contribution in [3.8, 4) is 5.75 Å². The zero-order chi connectivity index (χ0) is 10.9. The zero-order valence-electron chi connectivity index (χ0n) is 8.94. The Morgan fingerprint density at radius 1 is 1.27 bits per heavy atom. The lowest BCUT2D eigenvalue weighted by atomic mass is 10.2. The van der Waals surface area contributed by atoms with Crippen LogP contribution in [0.1, 0.15) is 25.3 Å². The molecule has 0 aliphatic carbocycles. The fraction of sp³-hybridized carbons (Fsp3) is 0.417. The summed E-state index contributed by atoms with van der Waals surface area (Å²) < 4.78 is 10.1. The van der Waals surface area contributed by atoms with Crippen LogP contribution in [0.4, 0.5) is 0 Å². The number of benzene rings is 1. The molecular formula is C12H16O3. The van der Waals surface area contributed by atoms with Crippen molar-refractivity contribution in [2.24, 2.45) is 0 Å². The van der Waals surface area contributed by atoms with Gasteiger partial charge in [0.1, 0.15) is 12.4 Å². The monoisotopic (exact) mass is 208 g/mol. The second-order valence-electron chi connectivity index (χ2n) is 3.25. The summed E-state index contributed by atoms with van der Waals surface area (Å²) in [6.07, 6.45) is 2.20. The maximum absolute atomic E-state index is 9.97. The fourth-order valence-electron chi connectivity index (χ4n) is 1.15. The van der Waals surface area contributed by atoms with Crippen LogP contribution in [0.15, 0.2) is 24.3 Å². The van der Waals surface area contributed by atoms with Crippen LogP contribution in [0.5, 0.6) is 5.75 Å². The van der Waals surface area contributed by atoms with Gasteiger partial charge in [0.25, 0.3) is 6.47 Å². The molecule has 0 aromatic heterocycles. The van der Waals surface area contributed by atoms with E-state index in [9.17, 15) is 4.79 Å². The molecule has 0 spiro atoms. The Bertz CT molecular complexity index is 279. The van der Waals surface area contributed by atoms with Crippen LogP contribution in [0.3, 0.4) is 0 Å². The summed E-state index contributed by atoms with van der Waals surface area (Å²) in [5.74, 6) is 0.860. The first kappa shape index (κ1) is 11.6. The molecule has 15 heavy (non-hydrogen) atoms. The van der Waals surface area contributed by atoms with Gasteiger partial charge in [-0.3, -0.25) is 4.79 Å². The largest absolute Gasteiger partial charge is 0.494 e. The van der Waals surface area contributed by atoms with Crippen LogP contribution in [0, 0.1) is 0 Å². The normalized spacial score (nSPS) is 9.67. The Hall–Kier alpha value is -1.51. The van der Waals surface area contributed by atoms with E-state index in [0.29, 0.717) is 13.1 Å². The minimum atomic E-state index is 0.318. The number of hydrogen-bond acceptors (Lipinski definition) is 3. The summed E-state index contributed by atoms with van der Waals surface area (Å²) in [6, 6.07) is 7.56. The van der Waals surface area contributed by atoms with Crippen molar-refractivity contribution in [2.75, 3.05) is 6.61 Å². The van der Waals surface area contributed by atoms with Gasteiger partial charge in [-0.05, 0) is 24.1 Å². The lowest BCUT2D eigenvalue weighted by Crippen LogP contribution is -1.96. The molecule has 82 valence electrons. The zero-order valence-corrected chi connectivity index (χ0v) is 8.94. The third-order valence-corrected chi connectivity index (χ3v) is 2.01. The molecule has 1 rings (SSSR count). The first-order chi connectivity index (χ1) is 7.36. The lowest BCUT2D eigenvalue weighted by molar-refractivity contribution is -0.129. The summed E-state index contributed by atoms with van der Waals surface area (Å²) in [4.78, 5) is 9.97. The standard InChI is InChI=1S/C12H16O3/c1-2-3-8-15-12-6-4-11(5-7-12)9-14-10-13/h4-7,10H,2-3,8-9H2,1H3. The first-order valence-electron chi connectivity index (χ1n) is 5.13. The molecule has 0 saturated heterocycles. The van der Waals surface area contributed by atoms with Crippen LogP contribution in [-0.2, 0) is 16.1 Å². The van der Waals surface area contributed by atoms with E-state index in [2.05, 4.69) is 11.7 Å². The van der Waals surface area contributed by atoms with Gasteiger partial charge in [0.05, 0.1) is 6.61 Å². The molecule has 0 saturated carbocycles. The quantitative estimate of drug-likeness (QED) is 0.510. The minimum absolute atomic E-state index is 0.318. The van der Waals surface area contributed by atoms with E-state index in [1.165, 1.54) is 0 Å². The number of ether oxygens (including phenoxy) is 2. The van der Waals surface area contributed by atoms with E-state index in [-0.39, 0.29) is 0 Å². The van der Waals surface area contributed by atoms with E-state index in [1.54, 1.807) is 0 Å². The third-order valence-electron chi connectivity index (χ3n) is 2.01. The molecule has 0 fully saturated rings. The fourth-order valence-corrected chi connectivity index (χ4v) is 1.15. The molecule has 3 heteroatoms. The molecule has 0 atom stereocenters. The Kier molecular flexibility index (Phi) is 5.30. The third kappa shape index (κ3) is 4.49. The highest BCUT2D eigenvalue weighted by atomic mass is 16.5. The van der Waals surface area contributed by atoms with Gasteiger partial charge in [0.2, 0.25) is 0 Å². The average Bonchev–Trinajstić information content (AvgIpc) is 2.28. The van der Waals surface area contributed by atoms with Gasteiger partial charge in [0, 0.05) is 0 Å². The second kappa shape index (κ2) is 6.87. The maximum Gasteiger partial charge on any atom is 0.293 e. The topological polar surface area (TPSA) is 35.5 Å². The predicted octanol–water partition coefficient (Wildman–Crippen LogP) is 2.54. The SMILES string of the molecule is CCCCOc1ccc(COC=O)cc1. The Labute approximate surface area is 90.0 Å². The Balaban J connectivity index is 2.38. The summed E-state index contributed by atoms with van der Waals surface area (Å²) in [5, 5.41) is 0. The summed E-state index contributed by atoms with van der Waals surface area (Å²) in [6.45, 7) is 3.65. The van der Waals surface area contributed by atoms with E-state index >= 15 is 0 Å². The van der Waals surface area contributed by atoms with Gasteiger partial charge >= 0.3 is 0 Å². The molecule has 0 aliphatic rings. The van der Waals surface area contributed by atoms with Crippen molar-refractivity contribution in [1.29, 1.82) is 0 Å². The number of rotatable bonds is 7. The smallest absolute Gasteiger partial charge is 0.293 e. The number of carbonyl (C=O) groups is 1. The molecule has 3 nitrogen and oxygen atoms in total. The molecule has 0 aliphatic heterocycles. The maximum atomic E-state index is 9.97. The van der Waals surface area contributed by atoms with Crippen LogP contribution in [0.2, 0.25) is 0 Å². The minimum Gasteiger partial charge on any atom is -0.494 e. The molecule has 0 N–H and O–H groups in total. The van der Waals surface area contributed by atoms with Crippen LogP contribution in [0.25, 0.3) is 0 Å². The molecular weight excluding hydrogens is 192 g/mol. The Morgan fingerprint density at radius 3 is 2.60 bits per heavy atom.